The van der Waals surface area contributed by atoms with Crippen LogP contribution in [0.3, 0.4) is 0 Å². The summed E-state index contributed by atoms with van der Waals surface area (Å²) in [5.74, 6) is -8.74. The van der Waals surface area contributed by atoms with Gasteiger partial charge in [-0.3, -0.25) is 0 Å². The maximum atomic E-state index is 12.3. The number of alkyl halides is 8. The van der Waals surface area contributed by atoms with Gasteiger partial charge in [0, 0.05) is 0 Å². The predicted octanol–water partition coefficient (Wildman–Crippen LogP) is 3.72. The molecule has 0 heterocycles. The van der Waals surface area contributed by atoms with Crippen LogP contribution in [0.2, 0.25) is 0 Å². The number of hydrogen-bond donors (Lipinski definition) is 0. The Labute approximate surface area is 107 Å². The van der Waals surface area contributed by atoms with Gasteiger partial charge in [-0.25, -0.2) is 39.9 Å². The van der Waals surface area contributed by atoms with E-state index in [0.717, 1.165) is 0 Å². The summed E-state index contributed by atoms with van der Waals surface area (Å²) in [5.41, 5.74) is 0. The summed E-state index contributed by atoms with van der Waals surface area (Å²) >= 11 is 0. The summed E-state index contributed by atoms with van der Waals surface area (Å²) in [6, 6.07) is 0. The molecule has 0 saturated heterocycles. The molecule has 0 N–H and O–H groups in total. The van der Waals surface area contributed by atoms with Crippen molar-refractivity contribution in [3.63, 3.8) is 0 Å². The predicted molar refractivity (Wildman–Crippen MR) is 48.4 cm³/mol. The highest BCUT2D eigenvalue weighted by molar-refractivity contribution is 5.59. The van der Waals surface area contributed by atoms with Crippen LogP contribution in [0.25, 0.3) is 0 Å². The van der Waals surface area contributed by atoms with E-state index >= 15 is 0 Å². The van der Waals surface area contributed by atoms with E-state index in [1.54, 1.807) is 0 Å². The highest BCUT2D eigenvalue weighted by Gasteiger charge is 2.41. The van der Waals surface area contributed by atoms with Crippen LogP contribution in [0.15, 0.2) is 0 Å². The number of carbonyl (C=O) groups excluding carboxylic acids is 1. The molecule has 0 aromatic heterocycles. The Morgan fingerprint density at radius 2 is 1.10 bits per heavy atom. The van der Waals surface area contributed by atoms with Gasteiger partial charge in [0.2, 0.25) is 0 Å². The first kappa shape index (κ1) is 18.7. The Bertz CT molecular complexity index is 280. The standard InChI is InChI=1S/C9H10F8O3/c10-5(11)8(14,15)1-3-19-7(18)20-4-2-9(16,17)6(12)13/h5-6H,1-4H2. The van der Waals surface area contributed by atoms with Gasteiger partial charge in [-0.15, -0.1) is 0 Å². The van der Waals surface area contributed by atoms with Gasteiger partial charge >= 0.3 is 30.9 Å². The number of rotatable bonds is 8. The number of halogens is 8. The van der Waals surface area contributed by atoms with Crippen molar-refractivity contribution in [1.29, 1.82) is 0 Å². The molecule has 0 spiro atoms. The highest BCUT2D eigenvalue weighted by atomic mass is 19.3. The summed E-state index contributed by atoms with van der Waals surface area (Å²) in [6.45, 7) is -2.27. The second-order valence-corrected chi connectivity index (χ2v) is 3.57. The summed E-state index contributed by atoms with van der Waals surface area (Å²) in [7, 11) is 0. The zero-order chi connectivity index (χ0) is 16.0. The zero-order valence-corrected chi connectivity index (χ0v) is 9.73. The van der Waals surface area contributed by atoms with Crippen LogP contribution in [0, 0.1) is 0 Å². The molecule has 0 aliphatic carbocycles. The lowest BCUT2D eigenvalue weighted by atomic mass is 10.2. The van der Waals surface area contributed by atoms with Crippen molar-refractivity contribution in [3.8, 4) is 0 Å². The number of ether oxygens (including phenoxy) is 2. The maximum absolute atomic E-state index is 12.3. The molecule has 0 unspecified atom stereocenters. The molecule has 0 aromatic carbocycles. The molecule has 0 aliphatic heterocycles. The molecule has 0 radical (unpaired) electrons. The lowest BCUT2D eigenvalue weighted by Gasteiger charge is -2.16. The van der Waals surface area contributed by atoms with Gasteiger partial charge < -0.3 is 9.47 Å². The Balaban J connectivity index is 3.87. The Morgan fingerprint density at radius 3 is 1.35 bits per heavy atom. The lowest BCUT2D eigenvalue weighted by Crippen LogP contribution is -2.30. The normalized spacial score (nSPS) is 12.9. The van der Waals surface area contributed by atoms with Crippen LogP contribution < -0.4 is 0 Å². The third-order valence-electron chi connectivity index (χ3n) is 1.95. The van der Waals surface area contributed by atoms with Gasteiger partial charge in [-0.2, -0.15) is 0 Å². The van der Waals surface area contributed by atoms with E-state index in [1.807, 2.05) is 0 Å². The first-order valence-corrected chi connectivity index (χ1v) is 5.10. The largest absolute Gasteiger partial charge is 0.508 e. The lowest BCUT2D eigenvalue weighted by molar-refractivity contribution is -0.143. The van der Waals surface area contributed by atoms with Crippen molar-refractivity contribution in [2.75, 3.05) is 13.2 Å². The molecule has 0 aromatic rings. The van der Waals surface area contributed by atoms with Crippen molar-refractivity contribution < 1.29 is 49.4 Å². The molecule has 11 heteroatoms. The van der Waals surface area contributed by atoms with Crippen LogP contribution in [-0.2, 0) is 9.47 Å². The minimum atomic E-state index is -4.37. The fourth-order valence-electron chi connectivity index (χ4n) is 0.801. The molecule has 20 heavy (non-hydrogen) atoms. The van der Waals surface area contributed by atoms with Gasteiger partial charge in [-0.1, -0.05) is 0 Å². The van der Waals surface area contributed by atoms with E-state index in [1.165, 1.54) is 0 Å². The first-order chi connectivity index (χ1) is 8.99. The number of carbonyl (C=O) groups is 1. The molecule has 0 amide bonds. The van der Waals surface area contributed by atoms with E-state index in [-0.39, 0.29) is 0 Å². The molecule has 0 rings (SSSR count). The van der Waals surface area contributed by atoms with E-state index in [2.05, 4.69) is 9.47 Å². The van der Waals surface area contributed by atoms with Crippen molar-refractivity contribution in [1.82, 2.24) is 0 Å². The summed E-state index contributed by atoms with van der Waals surface area (Å²) in [5, 5.41) is 0. The van der Waals surface area contributed by atoms with Crippen molar-refractivity contribution in [2.45, 2.75) is 37.5 Å². The van der Waals surface area contributed by atoms with Gasteiger partial charge in [0.05, 0.1) is 12.8 Å². The molecule has 0 saturated carbocycles. The van der Waals surface area contributed by atoms with E-state index in [0.29, 0.717) is 0 Å². The van der Waals surface area contributed by atoms with Crippen LogP contribution in [0.1, 0.15) is 12.8 Å². The Kier molecular flexibility index (Phi) is 7.00. The zero-order valence-electron chi connectivity index (χ0n) is 9.73. The van der Waals surface area contributed by atoms with E-state index < -0.39 is 56.9 Å². The molecule has 0 aliphatic rings. The van der Waals surface area contributed by atoms with Crippen LogP contribution >= 0.6 is 0 Å². The summed E-state index contributed by atoms with van der Waals surface area (Å²) in [4.78, 5) is 10.6. The van der Waals surface area contributed by atoms with E-state index in [9.17, 15) is 39.9 Å². The van der Waals surface area contributed by atoms with Gasteiger partial charge in [0.15, 0.2) is 0 Å². The van der Waals surface area contributed by atoms with Crippen LogP contribution in [0.5, 0.6) is 0 Å². The van der Waals surface area contributed by atoms with Gasteiger partial charge in [0.25, 0.3) is 0 Å². The van der Waals surface area contributed by atoms with Crippen molar-refractivity contribution >= 4 is 6.16 Å². The van der Waals surface area contributed by atoms with Crippen LogP contribution in [0.4, 0.5) is 39.9 Å². The molecule has 0 atom stereocenters. The average molecular weight is 318 g/mol. The molecular formula is C9H10F8O3. The molecule has 120 valence electrons. The van der Waals surface area contributed by atoms with Gasteiger partial charge in [-0.05, 0) is 0 Å². The molecule has 0 fully saturated rings. The monoisotopic (exact) mass is 318 g/mol. The fraction of sp³-hybridized carbons (Fsp3) is 0.889. The first-order valence-electron chi connectivity index (χ1n) is 5.10. The minimum absolute atomic E-state index is 1.14. The van der Waals surface area contributed by atoms with Gasteiger partial charge in [0.1, 0.15) is 13.2 Å². The molecule has 0 bridgehead atoms. The quantitative estimate of drug-likeness (QED) is 0.505. The van der Waals surface area contributed by atoms with Crippen LogP contribution in [-0.4, -0.2) is 44.1 Å². The summed E-state index contributed by atoms with van der Waals surface area (Å²) < 4.78 is 104. The topological polar surface area (TPSA) is 35.5 Å². The third kappa shape index (κ3) is 6.75. The van der Waals surface area contributed by atoms with Crippen molar-refractivity contribution in [2.24, 2.45) is 0 Å². The molecule has 3 nitrogen and oxygen atoms in total. The Hall–Kier alpha value is -1.29. The Morgan fingerprint density at radius 1 is 0.800 bits per heavy atom. The SMILES string of the molecule is O=C(OCCC(F)(F)C(F)F)OCCC(F)(F)C(F)F. The third-order valence-corrected chi connectivity index (χ3v) is 1.95. The van der Waals surface area contributed by atoms with Crippen molar-refractivity contribution in [3.05, 3.63) is 0 Å². The fourth-order valence-corrected chi connectivity index (χ4v) is 0.801. The highest BCUT2D eigenvalue weighted by Crippen LogP contribution is 2.27. The number of hydrogen-bond acceptors (Lipinski definition) is 3. The molecular weight excluding hydrogens is 308 g/mol. The smallest absolute Gasteiger partial charge is 0.434 e. The minimum Gasteiger partial charge on any atom is -0.434 e. The van der Waals surface area contributed by atoms with E-state index in [4.69, 9.17) is 0 Å². The average Bonchev–Trinajstić information content (AvgIpc) is 2.27. The second-order valence-electron chi connectivity index (χ2n) is 3.57. The second kappa shape index (κ2) is 7.48. The maximum Gasteiger partial charge on any atom is 0.508 e. The summed E-state index contributed by atoms with van der Waals surface area (Å²) in [6.07, 6.45) is -12.6.